The van der Waals surface area contributed by atoms with E-state index in [0.717, 1.165) is 45.0 Å². The van der Waals surface area contributed by atoms with E-state index in [1.807, 2.05) is 78.9 Å². The van der Waals surface area contributed by atoms with Gasteiger partial charge in [-0.2, -0.15) is 0 Å². The Bertz CT molecular complexity index is 1230. The van der Waals surface area contributed by atoms with Gasteiger partial charge in [-0.25, -0.2) is 4.98 Å². The van der Waals surface area contributed by atoms with E-state index in [4.69, 9.17) is 15.5 Å². The molecule has 146 valence electrons. The number of fused-ring (bicyclic) bond motifs is 3. The number of aromatic nitrogens is 1. The Balaban J connectivity index is 1.50. The molecule has 5 rings (SSSR count). The summed E-state index contributed by atoms with van der Waals surface area (Å²) in [5.74, 6) is 0.369. The van der Waals surface area contributed by atoms with E-state index < -0.39 is 5.91 Å². The van der Waals surface area contributed by atoms with Crippen LogP contribution < -0.4 is 10.5 Å². The van der Waals surface area contributed by atoms with Gasteiger partial charge in [0.2, 0.25) is 5.91 Å². The lowest BCUT2D eigenvalue weighted by Gasteiger charge is -2.10. The number of nitrogens with two attached hydrogens (primary N) is 1. The van der Waals surface area contributed by atoms with E-state index in [-0.39, 0.29) is 0 Å². The van der Waals surface area contributed by atoms with Crippen LogP contribution in [0.3, 0.4) is 0 Å². The highest BCUT2D eigenvalue weighted by Crippen LogP contribution is 2.40. The molecule has 1 heterocycles. The van der Waals surface area contributed by atoms with Crippen LogP contribution in [-0.4, -0.2) is 10.9 Å². The van der Waals surface area contributed by atoms with Crippen LogP contribution in [0, 0.1) is 0 Å². The summed E-state index contributed by atoms with van der Waals surface area (Å²) in [4.78, 5) is 17.1. The number of nitrogens with zero attached hydrogens (tertiary/aromatic N) is 1. The van der Waals surface area contributed by atoms with Gasteiger partial charge >= 0.3 is 0 Å². The van der Waals surface area contributed by atoms with E-state index in [1.165, 1.54) is 0 Å². The molecule has 4 heteroatoms. The minimum absolute atomic E-state index is 0.431. The van der Waals surface area contributed by atoms with Crippen molar-refractivity contribution in [2.75, 3.05) is 0 Å². The van der Waals surface area contributed by atoms with Crippen molar-refractivity contribution in [3.05, 3.63) is 107 Å². The van der Waals surface area contributed by atoms with Gasteiger partial charge in [0.05, 0.1) is 11.4 Å². The van der Waals surface area contributed by atoms with Crippen molar-refractivity contribution < 1.29 is 9.53 Å². The number of ether oxygens (including phenoxy) is 1. The summed E-state index contributed by atoms with van der Waals surface area (Å²) in [6, 6.07) is 27.7. The molecule has 0 atom stereocenters. The van der Waals surface area contributed by atoms with E-state index in [2.05, 4.69) is 0 Å². The van der Waals surface area contributed by atoms with E-state index in [0.29, 0.717) is 18.6 Å². The quantitative estimate of drug-likeness (QED) is 0.458. The molecule has 0 bridgehead atoms. The zero-order valence-corrected chi connectivity index (χ0v) is 16.3. The summed E-state index contributed by atoms with van der Waals surface area (Å²) < 4.78 is 5.97. The monoisotopic (exact) mass is 392 g/mol. The van der Waals surface area contributed by atoms with Crippen LogP contribution in [-0.2, 0) is 13.0 Å². The average Bonchev–Trinajstić information content (AvgIpc) is 3.16. The second kappa shape index (κ2) is 7.48. The highest BCUT2D eigenvalue weighted by molar-refractivity contribution is 5.98. The summed E-state index contributed by atoms with van der Waals surface area (Å²) in [7, 11) is 0. The number of pyridine rings is 1. The van der Waals surface area contributed by atoms with Crippen molar-refractivity contribution in [1.29, 1.82) is 0 Å². The van der Waals surface area contributed by atoms with Crippen LogP contribution in [0.25, 0.3) is 22.5 Å². The fraction of sp³-hybridized carbons (Fsp3) is 0.0769. The molecular formula is C26H20N2O2. The number of primary amides is 1. The van der Waals surface area contributed by atoms with E-state index in [9.17, 15) is 4.79 Å². The molecule has 1 amide bonds. The topological polar surface area (TPSA) is 65.2 Å². The van der Waals surface area contributed by atoms with Crippen molar-refractivity contribution in [3.63, 3.8) is 0 Å². The summed E-state index contributed by atoms with van der Waals surface area (Å²) >= 11 is 0. The first-order valence-electron chi connectivity index (χ1n) is 9.88. The van der Waals surface area contributed by atoms with Crippen LogP contribution >= 0.6 is 0 Å². The van der Waals surface area contributed by atoms with Crippen molar-refractivity contribution >= 4 is 5.91 Å². The third kappa shape index (κ3) is 3.33. The minimum atomic E-state index is -0.431. The number of carbonyl (C=O) groups is 1. The Labute approximate surface area is 175 Å². The van der Waals surface area contributed by atoms with E-state index >= 15 is 0 Å². The molecular weight excluding hydrogens is 372 g/mol. The molecule has 0 spiro atoms. The summed E-state index contributed by atoms with van der Waals surface area (Å²) in [6.07, 6.45) is 0.619. The zero-order chi connectivity index (χ0) is 20.5. The third-order valence-electron chi connectivity index (χ3n) is 5.41. The molecule has 1 aromatic heterocycles. The van der Waals surface area contributed by atoms with Gasteiger partial charge in [-0.3, -0.25) is 4.79 Å². The number of benzene rings is 3. The van der Waals surface area contributed by atoms with Crippen molar-refractivity contribution in [2.24, 2.45) is 5.73 Å². The van der Waals surface area contributed by atoms with Gasteiger partial charge in [-0.15, -0.1) is 0 Å². The maximum Gasteiger partial charge on any atom is 0.249 e. The second-order valence-corrected chi connectivity index (χ2v) is 7.38. The molecule has 0 radical (unpaired) electrons. The second-order valence-electron chi connectivity index (χ2n) is 7.38. The molecule has 1 aliphatic rings. The number of hydrogen-bond donors (Lipinski definition) is 1. The summed E-state index contributed by atoms with van der Waals surface area (Å²) in [6.45, 7) is 0.509. The van der Waals surface area contributed by atoms with Gasteiger partial charge in [0.1, 0.15) is 12.4 Å². The smallest absolute Gasteiger partial charge is 0.249 e. The predicted molar refractivity (Wildman–Crippen MR) is 117 cm³/mol. The van der Waals surface area contributed by atoms with Gasteiger partial charge in [0.15, 0.2) is 0 Å². The van der Waals surface area contributed by atoms with Gasteiger partial charge in [0, 0.05) is 23.1 Å². The largest absolute Gasteiger partial charge is 0.489 e. The molecule has 4 nitrogen and oxygen atoms in total. The molecule has 0 fully saturated rings. The first-order chi connectivity index (χ1) is 14.7. The maximum atomic E-state index is 12.2. The predicted octanol–water partition coefficient (Wildman–Crippen LogP) is 5.00. The van der Waals surface area contributed by atoms with Crippen LogP contribution in [0.2, 0.25) is 0 Å². The lowest BCUT2D eigenvalue weighted by molar-refractivity contribution is 0.0999. The van der Waals surface area contributed by atoms with E-state index in [1.54, 1.807) is 6.07 Å². The molecule has 0 aliphatic heterocycles. The number of carbonyl (C=O) groups excluding carboxylic acids is 1. The molecule has 4 aromatic rings. The van der Waals surface area contributed by atoms with Crippen LogP contribution in [0.15, 0.2) is 84.9 Å². The van der Waals surface area contributed by atoms with Crippen molar-refractivity contribution in [2.45, 2.75) is 13.0 Å². The maximum absolute atomic E-state index is 12.2. The van der Waals surface area contributed by atoms with Gasteiger partial charge in [-0.1, -0.05) is 60.7 Å². The minimum Gasteiger partial charge on any atom is -0.489 e. The molecule has 0 saturated carbocycles. The van der Waals surface area contributed by atoms with Gasteiger partial charge in [-0.05, 0) is 41.0 Å². The van der Waals surface area contributed by atoms with Crippen LogP contribution in [0.4, 0.5) is 0 Å². The summed E-state index contributed by atoms with van der Waals surface area (Å²) in [5.41, 5.74) is 12.9. The third-order valence-corrected chi connectivity index (χ3v) is 5.41. The molecule has 3 aromatic carbocycles. The Kier molecular flexibility index (Phi) is 4.52. The standard InChI is InChI=1S/C26H20N2O2/c27-26(29)23-15-24(18-9-5-2-6-10-18)28-25-21-12-11-20(13-19(21)14-22(23)25)30-16-17-7-3-1-4-8-17/h1-13,15H,14,16H2,(H2,27,29). The Morgan fingerprint density at radius 1 is 0.933 bits per heavy atom. The van der Waals surface area contributed by atoms with Gasteiger partial charge in [0.25, 0.3) is 0 Å². The van der Waals surface area contributed by atoms with Gasteiger partial charge < -0.3 is 10.5 Å². The lowest BCUT2D eigenvalue weighted by Crippen LogP contribution is -2.14. The molecule has 0 saturated heterocycles. The first-order valence-corrected chi connectivity index (χ1v) is 9.88. The number of hydrogen-bond acceptors (Lipinski definition) is 3. The highest BCUT2D eigenvalue weighted by atomic mass is 16.5. The Hall–Kier alpha value is -3.92. The fourth-order valence-corrected chi connectivity index (χ4v) is 3.92. The molecule has 2 N–H and O–H groups in total. The Morgan fingerprint density at radius 2 is 1.67 bits per heavy atom. The highest BCUT2D eigenvalue weighted by Gasteiger charge is 2.26. The summed E-state index contributed by atoms with van der Waals surface area (Å²) in [5, 5.41) is 0. The van der Waals surface area contributed by atoms with Crippen LogP contribution in [0.1, 0.15) is 27.0 Å². The lowest BCUT2D eigenvalue weighted by atomic mass is 10.0. The van der Waals surface area contributed by atoms with Crippen molar-refractivity contribution in [3.8, 4) is 28.3 Å². The fourth-order valence-electron chi connectivity index (χ4n) is 3.92. The number of rotatable bonds is 5. The first kappa shape index (κ1) is 18.1. The average molecular weight is 392 g/mol. The molecule has 30 heavy (non-hydrogen) atoms. The van der Waals surface area contributed by atoms with Crippen molar-refractivity contribution in [1.82, 2.24) is 4.98 Å². The Morgan fingerprint density at radius 3 is 2.40 bits per heavy atom. The molecule has 0 unspecified atom stereocenters. The molecule has 1 aliphatic carbocycles. The number of amides is 1. The normalized spacial score (nSPS) is 11.6. The zero-order valence-electron chi connectivity index (χ0n) is 16.3. The SMILES string of the molecule is NC(=O)c1cc(-c2ccccc2)nc2c1Cc1cc(OCc3ccccc3)ccc1-2. The van der Waals surface area contributed by atoms with Crippen LogP contribution in [0.5, 0.6) is 5.75 Å².